The topological polar surface area (TPSA) is 60.0 Å². The number of carbonyl (C=O) groups is 1. The van der Waals surface area contributed by atoms with Crippen LogP contribution in [0.25, 0.3) is 0 Å². The highest BCUT2D eigenvalue weighted by Gasteiger charge is 2.25. The zero-order valence-electron chi connectivity index (χ0n) is 14.0. The van der Waals surface area contributed by atoms with Crippen LogP contribution in [0, 0.1) is 0 Å². The number of nitrogens with zero attached hydrogens (tertiary/aromatic N) is 3. The fraction of sp³-hybridized carbons (Fsp3) is 0.867. The van der Waals surface area contributed by atoms with Crippen LogP contribution >= 0.6 is 0 Å². The van der Waals surface area contributed by atoms with Crippen molar-refractivity contribution in [2.75, 3.05) is 46.3 Å². The van der Waals surface area contributed by atoms with E-state index in [0.29, 0.717) is 12.5 Å². The van der Waals surface area contributed by atoms with Gasteiger partial charge in [-0.3, -0.25) is 9.79 Å². The highest BCUT2D eigenvalue weighted by atomic mass is 16.2. The number of rotatable bonds is 7. The van der Waals surface area contributed by atoms with Crippen molar-refractivity contribution in [2.45, 2.75) is 39.7 Å². The van der Waals surface area contributed by atoms with Gasteiger partial charge in [-0.15, -0.1) is 0 Å². The molecule has 1 rings (SSSR count). The molecule has 1 aliphatic heterocycles. The van der Waals surface area contributed by atoms with Gasteiger partial charge >= 0.3 is 0 Å². The van der Waals surface area contributed by atoms with Gasteiger partial charge in [-0.1, -0.05) is 13.8 Å². The number of nitrogens with one attached hydrogen (secondary N) is 2. The van der Waals surface area contributed by atoms with Gasteiger partial charge in [0.1, 0.15) is 0 Å². The first kappa shape index (κ1) is 17.8. The van der Waals surface area contributed by atoms with Crippen LogP contribution in [0.5, 0.6) is 0 Å². The van der Waals surface area contributed by atoms with E-state index in [2.05, 4.69) is 41.4 Å². The van der Waals surface area contributed by atoms with Gasteiger partial charge in [0.05, 0.1) is 6.54 Å². The van der Waals surface area contributed by atoms with Crippen LogP contribution < -0.4 is 10.6 Å². The zero-order chi connectivity index (χ0) is 15.7. The number of likely N-dealkylation sites (tertiary alicyclic amines) is 1. The monoisotopic (exact) mass is 297 g/mol. The van der Waals surface area contributed by atoms with Crippen LogP contribution in [0.4, 0.5) is 0 Å². The van der Waals surface area contributed by atoms with E-state index in [-0.39, 0.29) is 5.91 Å². The van der Waals surface area contributed by atoms with Crippen molar-refractivity contribution in [3.63, 3.8) is 0 Å². The molecule has 0 aliphatic carbocycles. The number of hydrogen-bond acceptors (Lipinski definition) is 3. The SMILES string of the molecule is CCNC(=NCCN(C)CC)NC1CCN(C(=O)CC)C1. The average molecular weight is 297 g/mol. The molecule has 0 bridgehead atoms. The Morgan fingerprint density at radius 2 is 2.14 bits per heavy atom. The number of amides is 1. The molecule has 1 heterocycles. The zero-order valence-corrected chi connectivity index (χ0v) is 14.0. The number of carbonyl (C=O) groups excluding carboxylic acids is 1. The fourth-order valence-electron chi connectivity index (χ4n) is 2.33. The second-order valence-electron chi connectivity index (χ2n) is 5.48. The molecule has 1 fully saturated rings. The molecule has 1 amide bonds. The molecule has 0 aromatic rings. The quantitative estimate of drug-likeness (QED) is 0.531. The van der Waals surface area contributed by atoms with Gasteiger partial charge in [0, 0.05) is 38.6 Å². The van der Waals surface area contributed by atoms with Crippen LogP contribution in [-0.4, -0.2) is 74.0 Å². The second-order valence-corrected chi connectivity index (χ2v) is 5.48. The van der Waals surface area contributed by atoms with Gasteiger partial charge in [-0.05, 0) is 26.9 Å². The van der Waals surface area contributed by atoms with E-state index in [1.165, 1.54) is 0 Å². The van der Waals surface area contributed by atoms with Gasteiger partial charge < -0.3 is 20.4 Å². The first-order valence-corrected chi connectivity index (χ1v) is 8.11. The summed E-state index contributed by atoms with van der Waals surface area (Å²) in [6.45, 7) is 11.4. The molecule has 1 aliphatic rings. The maximum atomic E-state index is 11.7. The van der Waals surface area contributed by atoms with E-state index >= 15 is 0 Å². The molecule has 0 aromatic carbocycles. The molecular formula is C15H31N5O. The summed E-state index contributed by atoms with van der Waals surface area (Å²) in [5, 5.41) is 6.72. The van der Waals surface area contributed by atoms with Crippen LogP contribution in [-0.2, 0) is 4.79 Å². The van der Waals surface area contributed by atoms with Crippen molar-refractivity contribution < 1.29 is 4.79 Å². The fourth-order valence-corrected chi connectivity index (χ4v) is 2.33. The molecular weight excluding hydrogens is 266 g/mol. The van der Waals surface area contributed by atoms with Crippen molar-refractivity contribution in [3.8, 4) is 0 Å². The molecule has 6 heteroatoms. The third-order valence-corrected chi connectivity index (χ3v) is 3.82. The summed E-state index contributed by atoms with van der Waals surface area (Å²) in [4.78, 5) is 20.5. The largest absolute Gasteiger partial charge is 0.357 e. The summed E-state index contributed by atoms with van der Waals surface area (Å²) in [6.07, 6.45) is 1.58. The molecule has 21 heavy (non-hydrogen) atoms. The van der Waals surface area contributed by atoms with Crippen molar-refractivity contribution in [2.24, 2.45) is 4.99 Å². The average Bonchev–Trinajstić information content (AvgIpc) is 2.94. The predicted octanol–water partition coefficient (Wildman–Crippen LogP) is 0.504. The summed E-state index contributed by atoms with van der Waals surface area (Å²) >= 11 is 0. The second kappa shape index (κ2) is 9.60. The molecule has 0 spiro atoms. The first-order valence-electron chi connectivity index (χ1n) is 8.11. The molecule has 1 atom stereocenters. The Hall–Kier alpha value is -1.30. The van der Waals surface area contributed by atoms with Crippen LogP contribution in [0.2, 0.25) is 0 Å². The standard InChI is InChI=1S/C15H31N5O/c1-5-14(21)20-10-8-13(12-20)18-15(16-6-2)17-9-11-19(4)7-3/h13H,5-12H2,1-4H3,(H2,16,17,18). The molecule has 122 valence electrons. The Morgan fingerprint density at radius 1 is 1.38 bits per heavy atom. The highest BCUT2D eigenvalue weighted by Crippen LogP contribution is 2.10. The Morgan fingerprint density at radius 3 is 2.76 bits per heavy atom. The van der Waals surface area contributed by atoms with E-state index in [4.69, 9.17) is 0 Å². The van der Waals surface area contributed by atoms with E-state index in [9.17, 15) is 4.79 Å². The Bertz CT molecular complexity index is 345. The van der Waals surface area contributed by atoms with E-state index in [1.54, 1.807) is 0 Å². The lowest BCUT2D eigenvalue weighted by molar-refractivity contribution is -0.129. The van der Waals surface area contributed by atoms with E-state index < -0.39 is 0 Å². The smallest absolute Gasteiger partial charge is 0.222 e. The summed E-state index contributed by atoms with van der Waals surface area (Å²) in [5.41, 5.74) is 0. The minimum atomic E-state index is 0.241. The molecule has 1 saturated heterocycles. The maximum absolute atomic E-state index is 11.7. The summed E-state index contributed by atoms with van der Waals surface area (Å²) in [5.74, 6) is 1.10. The van der Waals surface area contributed by atoms with E-state index in [0.717, 1.165) is 51.6 Å². The molecule has 6 nitrogen and oxygen atoms in total. The molecule has 2 N–H and O–H groups in total. The van der Waals surface area contributed by atoms with Gasteiger partial charge in [-0.25, -0.2) is 0 Å². The molecule has 1 unspecified atom stereocenters. The van der Waals surface area contributed by atoms with Crippen molar-refractivity contribution >= 4 is 11.9 Å². The van der Waals surface area contributed by atoms with Gasteiger partial charge in [0.15, 0.2) is 5.96 Å². The third kappa shape index (κ3) is 6.33. The minimum Gasteiger partial charge on any atom is -0.357 e. The van der Waals surface area contributed by atoms with Gasteiger partial charge in [0.2, 0.25) is 5.91 Å². The van der Waals surface area contributed by atoms with Gasteiger partial charge in [0.25, 0.3) is 0 Å². The normalized spacial score (nSPS) is 19.2. The third-order valence-electron chi connectivity index (χ3n) is 3.82. The number of hydrogen-bond donors (Lipinski definition) is 2. The lowest BCUT2D eigenvalue weighted by atomic mass is 10.3. The Balaban J connectivity index is 2.43. The lowest BCUT2D eigenvalue weighted by Crippen LogP contribution is -2.45. The highest BCUT2D eigenvalue weighted by molar-refractivity contribution is 5.80. The number of guanidine groups is 1. The first-order chi connectivity index (χ1) is 10.1. The Labute approximate surface area is 129 Å². The number of likely N-dealkylation sites (N-methyl/N-ethyl adjacent to an activating group) is 1. The summed E-state index contributed by atoms with van der Waals surface area (Å²) < 4.78 is 0. The van der Waals surface area contributed by atoms with Crippen molar-refractivity contribution in [3.05, 3.63) is 0 Å². The predicted molar refractivity (Wildman–Crippen MR) is 87.6 cm³/mol. The molecule has 0 radical (unpaired) electrons. The minimum absolute atomic E-state index is 0.241. The summed E-state index contributed by atoms with van der Waals surface area (Å²) in [7, 11) is 2.10. The van der Waals surface area contributed by atoms with Crippen LogP contribution in [0.1, 0.15) is 33.6 Å². The molecule has 0 saturated carbocycles. The Kier molecular flexibility index (Phi) is 8.12. The maximum Gasteiger partial charge on any atom is 0.222 e. The molecule has 0 aromatic heterocycles. The van der Waals surface area contributed by atoms with E-state index in [1.807, 2.05) is 11.8 Å². The lowest BCUT2D eigenvalue weighted by Gasteiger charge is -2.19. The van der Waals surface area contributed by atoms with Crippen LogP contribution in [0.15, 0.2) is 4.99 Å². The van der Waals surface area contributed by atoms with Crippen molar-refractivity contribution in [1.82, 2.24) is 20.4 Å². The van der Waals surface area contributed by atoms with Crippen molar-refractivity contribution in [1.29, 1.82) is 0 Å². The van der Waals surface area contributed by atoms with Crippen LogP contribution in [0.3, 0.4) is 0 Å². The summed E-state index contributed by atoms with van der Waals surface area (Å²) in [6, 6.07) is 0.308. The number of aliphatic imine (C=N–C) groups is 1. The van der Waals surface area contributed by atoms with Gasteiger partial charge in [-0.2, -0.15) is 0 Å².